The van der Waals surface area contributed by atoms with Crippen molar-refractivity contribution in [2.45, 2.75) is 45.5 Å². The Hall–Kier alpha value is -5.29. The maximum absolute atomic E-state index is 13.0. The third-order valence-corrected chi connectivity index (χ3v) is 8.45. The molecule has 1 atom stereocenters. The molecule has 2 heterocycles. The summed E-state index contributed by atoms with van der Waals surface area (Å²) in [7, 11) is 1.63. The number of alkyl halides is 3. The van der Waals surface area contributed by atoms with Crippen LogP contribution in [-0.2, 0) is 0 Å². The van der Waals surface area contributed by atoms with Gasteiger partial charge in [0.2, 0.25) is 0 Å². The van der Waals surface area contributed by atoms with Crippen molar-refractivity contribution in [3.63, 3.8) is 0 Å². The first kappa shape index (κ1) is 34.1. The molecule has 248 valence electrons. The number of urea groups is 1. The summed E-state index contributed by atoms with van der Waals surface area (Å²) in [5.41, 5.74) is 3.96. The molecule has 1 aliphatic heterocycles. The van der Waals surface area contributed by atoms with Crippen LogP contribution in [0.2, 0.25) is 0 Å². The lowest BCUT2D eigenvalue weighted by atomic mass is 9.99. The highest BCUT2D eigenvalue weighted by molar-refractivity contribution is 8.14. The zero-order valence-corrected chi connectivity index (χ0v) is 27.3. The van der Waals surface area contributed by atoms with E-state index in [0.29, 0.717) is 27.8 Å². The van der Waals surface area contributed by atoms with Crippen LogP contribution in [0, 0.1) is 11.3 Å². The molecule has 0 radical (unpaired) electrons. The van der Waals surface area contributed by atoms with E-state index in [1.807, 2.05) is 18.2 Å². The lowest BCUT2D eigenvalue weighted by Crippen LogP contribution is -2.42. The Bertz CT molecular complexity index is 1860. The molecular formula is C34H32F3N7O3S. The van der Waals surface area contributed by atoms with E-state index in [9.17, 15) is 23.2 Å². The molecule has 2 amide bonds. The smallest absolute Gasteiger partial charge is 0.497 e. The Morgan fingerprint density at radius 3 is 2.48 bits per heavy atom. The van der Waals surface area contributed by atoms with Crippen LogP contribution in [0.3, 0.4) is 0 Å². The zero-order valence-electron chi connectivity index (χ0n) is 26.5. The van der Waals surface area contributed by atoms with Gasteiger partial charge in [0.25, 0.3) is 0 Å². The molecule has 1 saturated heterocycles. The number of carbonyl (C=O) groups is 1. The summed E-state index contributed by atoms with van der Waals surface area (Å²) in [5.74, 6) is 1.82. The van der Waals surface area contributed by atoms with E-state index >= 15 is 0 Å². The summed E-state index contributed by atoms with van der Waals surface area (Å²) >= 11 is 1.51. The van der Waals surface area contributed by atoms with Crippen LogP contribution in [0.25, 0.3) is 22.6 Å². The number of nitrogens with one attached hydrogen (secondary N) is 1. The molecule has 48 heavy (non-hydrogen) atoms. The standard InChI is InChI=1S/C34H32F3N7O3S/c1-21(2)29-17-28(46-4)13-14-30(29)44-22(3)15-16-48-33(44)41-32(45)39-19-25(18-38)23-5-7-24(8-6-23)31-40-20-43(42-31)26-9-11-27(12-10-26)47-34(35,36)37/h5-14,17,19-22H,15-16H2,1-4H3,(H,39,45)/b25-19+,41-33?. The minimum absolute atomic E-state index is 0.117. The largest absolute Gasteiger partial charge is 0.573 e. The number of amidine groups is 1. The number of aliphatic imine (C=N–C) groups is 1. The third-order valence-electron chi connectivity index (χ3n) is 7.47. The minimum atomic E-state index is -4.78. The van der Waals surface area contributed by atoms with Gasteiger partial charge in [0.15, 0.2) is 11.0 Å². The van der Waals surface area contributed by atoms with Gasteiger partial charge in [0, 0.05) is 29.2 Å². The number of nitriles is 1. The van der Waals surface area contributed by atoms with E-state index in [4.69, 9.17) is 4.74 Å². The number of nitrogens with zero attached hydrogens (tertiary/aromatic N) is 6. The molecular weight excluding hydrogens is 643 g/mol. The molecule has 1 N–H and O–H groups in total. The van der Waals surface area contributed by atoms with Gasteiger partial charge in [-0.2, -0.15) is 10.3 Å². The molecule has 1 unspecified atom stereocenters. The van der Waals surface area contributed by atoms with Crippen LogP contribution in [0.15, 0.2) is 84.2 Å². The summed E-state index contributed by atoms with van der Waals surface area (Å²) < 4.78 is 48.1. The maximum Gasteiger partial charge on any atom is 0.573 e. The molecule has 0 aliphatic carbocycles. The van der Waals surface area contributed by atoms with Crippen LogP contribution in [0.5, 0.6) is 11.5 Å². The van der Waals surface area contributed by atoms with Crippen LogP contribution in [0.4, 0.5) is 23.7 Å². The molecule has 14 heteroatoms. The number of hydrogen-bond acceptors (Lipinski definition) is 7. The van der Waals surface area contributed by atoms with Crippen LogP contribution in [0.1, 0.15) is 44.2 Å². The van der Waals surface area contributed by atoms with Gasteiger partial charge in [0.05, 0.1) is 18.4 Å². The summed E-state index contributed by atoms with van der Waals surface area (Å²) in [6.45, 7) is 6.32. The fourth-order valence-electron chi connectivity index (χ4n) is 5.03. The van der Waals surface area contributed by atoms with Gasteiger partial charge in [-0.15, -0.1) is 18.3 Å². The lowest BCUT2D eigenvalue weighted by Gasteiger charge is -2.37. The average Bonchev–Trinajstić information content (AvgIpc) is 3.55. The van der Waals surface area contributed by atoms with Crippen molar-refractivity contribution in [1.29, 1.82) is 5.26 Å². The highest BCUT2D eigenvalue weighted by Gasteiger charge is 2.31. The Morgan fingerprint density at radius 2 is 1.83 bits per heavy atom. The van der Waals surface area contributed by atoms with Crippen LogP contribution >= 0.6 is 11.8 Å². The number of hydrogen-bond donors (Lipinski definition) is 1. The van der Waals surface area contributed by atoms with Crippen molar-refractivity contribution in [2.24, 2.45) is 4.99 Å². The molecule has 3 aromatic carbocycles. The Morgan fingerprint density at radius 1 is 1.12 bits per heavy atom. The Labute approximate surface area is 279 Å². The number of halogens is 3. The molecule has 0 saturated carbocycles. The topological polar surface area (TPSA) is 118 Å². The van der Waals surface area contributed by atoms with Crippen molar-refractivity contribution < 1.29 is 27.4 Å². The number of aromatic nitrogens is 3. The molecule has 0 spiro atoms. The van der Waals surface area contributed by atoms with E-state index < -0.39 is 12.4 Å². The van der Waals surface area contributed by atoms with Gasteiger partial charge in [-0.1, -0.05) is 49.9 Å². The number of carbonyl (C=O) groups excluding carboxylic acids is 1. The second-order valence-electron chi connectivity index (χ2n) is 11.1. The fourth-order valence-corrected chi connectivity index (χ4v) is 6.23. The summed E-state index contributed by atoms with van der Waals surface area (Å²) in [6, 6.07) is 19.6. The predicted molar refractivity (Wildman–Crippen MR) is 179 cm³/mol. The molecule has 10 nitrogen and oxygen atoms in total. The van der Waals surface area contributed by atoms with E-state index in [1.54, 1.807) is 31.4 Å². The number of rotatable bonds is 8. The van der Waals surface area contributed by atoms with E-state index in [1.165, 1.54) is 53.2 Å². The van der Waals surface area contributed by atoms with E-state index in [2.05, 4.69) is 56.9 Å². The maximum atomic E-state index is 13.0. The van der Waals surface area contributed by atoms with Crippen molar-refractivity contribution in [3.05, 3.63) is 90.4 Å². The SMILES string of the molecule is COc1ccc(N2C(=NC(=O)N/C=C(\C#N)c3ccc(-c4ncn(-c5ccc(OC(F)(F)F)cc5)n4)cc3)SCCC2C)c(C(C)C)c1. The summed E-state index contributed by atoms with van der Waals surface area (Å²) in [5, 5.41) is 17.4. The molecule has 4 aromatic rings. The summed E-state index contributed by atoms with van der Waals surface area (Å²) in [6.07, 6.45) is -1.09. The number of ether oxygens (including phenoxy) is 2. The van der Waals surface area contributed by atoms with Crippen molar-refractivity contribution in [2.75, 3.05) is 17.8 Å². The third kappa shape index (κ3) is 8.16. The van der Waals surface area contributed by atoms with Gasteiger partial charge >= 0.3 is 12.4 Å². The monoisotopic (exact) mass is 675 g/mol. The number of amides is 2. The minimum Gasteiger partial charge on any atom is -0.497 e. The molecule has 1 aliphatic rings. The first-order valence-electron chi connectivity index (χ1n) is 14.9. The van der Waals surface area contributed by atoms with Gasteiger partial charge < -0.3 is 19.7 Å². The average molecular weight is 676 g/mol. The normalized spacial score (nSPS) is 16.1. The Balaban J connectivity index is 1.29. The molecule has 1 aromatic heterocycles. The highest BCUT2D eigenvalue weighted by Crippen LogP contribution is 2.37. The number of anilines is 1. The lowest BCUT2D eigenvalue weighted by molar-refractivity contribution is -0.274. The summed E-state index contributed by atoms with van der Waals surface area (Å²) in [4.78, 5) is 23.8. The van der Waals surface area contributed by atoms with Crippen LogP contribution < -0.4 is 19.7 Å². The second-order valence-corrected chi connectivity index (χ2v) is 12.1. The predicted octanol–water partition coefficient (Wildman–Crippen LogP) is 7.93. The van der Waals surface area contributed by atoms with Crippen molar-refractivity contribution in [1.82, 2.24) is 20.1 Å². The number of benzene rings is 3. The Kier molecular flexibility index (Phi) is 10.4. The van der Waals surface area contributed by atoms with Crippen molar-refractivity contribution in [3.8, 4) is 34.6 Å². The van der Waals surface area contributed by atoms with Gasteiger partial charge in [-0.3, -0.25) is 0 Å². The van der Waals surface area contributed by atoms with Gasteiger partial charge in [-0.25, -0.2) is 14.5 Å². The molecule has 1 fully saturated rings. The van der Waals surface area contributed by atoms with Gasteiger partial charge in [-0.05, 0) is 72.9 Å². The van der Waals surface area contributed by atoms with Crippen molar-refractivity contribution >= 4 is 34.2 Å². The molecule has 5 rings (SSSR count). The van der Waals surface area contributed by atoms with Crippen LogP contribution in [-0.4, -0.2) is 51.2 Å². The van der Waals surface area contributed by atoms with Gasteiger partial charge in [0.1, 0.15) is 23.9 Å². The highest BCUT2D eigenvalue weighted by atomic mass is 32.2. The zero-order chi connectivity index (χ0) is 34.4. The van der Waals surface area contributed by atoms with E-state index in [0.717, 1.165) is 29.2 Å². The second kappa shape index (κ2) is 14.6. The quantitative estimate of drug-likeness (QED) is 0.187. The molecule has 0 bridgehead atoms. The fraction of sp³-hybridized carbons (Fsp3) is 0.265. The number of methoxy groups -OCH3 is 1. The first-order valence-corrected chi connectivity index (χ1v) is 15.9. The number of allylic oxidation sites excluding steroid dienone is 1. The first-order chi connectivity index (χ1) is 23.0. The van der Waals surface area contributed by atoms with E-state index in [-0.39, 0.29) is 23.3 Å². The number of thioether (sulfide) groups is 1.